The Morgan fingerprint density at radius 3 is 1.80 bits per heavy atom. The molecule has 0 spiro atoms. The molecule has 0 bridgehead atoms. The van der Waals surface area contributed by atoms with Gasteiger partial charge >= 0.3 is 12.1 Å². The Morgan fingerprint density at radius 1 is 0.680 bits per heavy atom. The van der Waals surface area contributed by atoms with E-state index in [1.54, 1.807) is 6.92 Å². The molecule has 2 aromatic rings. The van der Waals surface area contributed by atoms with Gasteiger partial charge in [-0.15, -0.1) is 0 Å². The zero-order valence-electron chi connectivity index (χ0n) is 29.2. The van der Waals surface area contributed by atoms with Gasteiger partial charge in [0.05, 0.1) is 6.61 Å². The molecule has 0 aromatic heterocycles. The second kappa shape index (κ2) is 25.9. The summed E-state index contributed by atoms with van der Waals surface area (Å²) in [6.07, 6.45) is 32.7. The van der Waals surface area contributed by atoms with Gasteiger partial charge in [-0.1, -0.05) is 92.3 Å². The maximum absolute atomic E-state index is 14.3. The van der Waals surface area contributed by atoms with E-state index in [0.717, 1.165) is 50.7 Å². The predicted octanol–water partition coefficient (Wildman–Crippen LogP) is 9.88. The molecule has 50 heavy (non-hydrogen) atoms. The van der Waals surface area contributed by atoms with E-state index in [0.29, 0.717) is 12.8 Å². The molecule has 0 fully saturated rings. The molecule has 0 radical (unpaired) electrons. The molecule has 2 amide bonds. The summed E-state index contributed by atoms with van der Waals surface area (Å²) in [5, 5.41) is 5.25. The number of carbonyl (C=O) groups is 3. The highest BCUT2D eigenvalue weighted by molar-refractivity contribution is 5.95. The Morgan fingerprint density at radius 2 is 1.24 bits per heavy atom. The highest BCUT2D eigenvalue weighted by Gasteiger charge is 2.19. The van der Waals surface area contributed by atoms with Crippen molar-refractivity contribution in [2.45, 2.75) is 71.6 Å². The minimum atomic E-state index is -0.848. The topological polar surface area (TPSA) is 93.7 Å². The van der Waals surface area contributed by atoms with Crippen LogP contribution in [0.4, 0.5) is 13.6 Å². The molecule has 0 saturated heterocycles. The monoisotopic (exact) mass is 688 g/mol. The molecular formula is C41H50F2N2O5. The number of halogens is 2. The fourth-order valence-corrected chi connectivity index (χ4v) is 4.44. The second-order valence-electron chi connectivity index (χ2n) is 11.1. The van der Waals surface area contributed by atoms with Gasteiger partial charge in [0.15, 0.2) is 0 Å². The number of allylic oxidation sites excluding steroid dienone is 12. The van der Waals surface area contributed by atoms with Crippen molar-refractivity contribution < 1.29 is 32.6 Å². The Bertz CT molecular complexity index is 1520. The minimum Gasteiger partial charge on any atom is -0.462 e. The summed E-state index contributed by atoms with van der Waals surface area (Å²) in [6, 6.07) is 7.19. The van der Waals surface area contributed by atoms with Gasteiger partial charge in [0, 0.05) is 31.1 Å². The molecule has 9 heteroatoms. The second-order valence-corrected chi connectivity index (χ2v) is 11.1. The van der Waals surface area contributed by atoms with Crippen LogP contribution in [0.3, 0.4) is 0 Å². The number of unbranched alkanes of at least 4 members (excludes halogenated alkanes) is 1. The van der Waals surface area contributed by atoms with E-state index in [2.05, 4.69) is 78.3 Å². The number of esters is 1. The van der Waals surface area contributed by atoms with Crippen LogP contribution in [0.25, 0.3) is 11.1 Å². The Labute approximate surface area is 295 Å². The van der Waals surface area contributed by atoms with Crippen LogP contribution >= 0.6 is 0 Å². The molecular weight excluding hydrogens is 638 g/mol. The Balaban J connectivity index is 1.61. The van der Waals surface area contributed by atoms with Crippen LogP contribution in [0.15, 0.2) is 109 Å². The van der Waals surface area contributed by atoms with Crippen LogP contribution in [0.1, 0.15) is 82.0 Å². The van der Waals surface area contributed by atoms with E-state index >= 15 is 0 Å². The number of carbonyl (C=O) groups excluding carboxylic acids is 3. The maximum Gasteiger partial charge on any atom is 0.412 e. The molecule has 7 nitrogen and oxygen atoms in total. The lowest BCUT2D eigenvalue weighted by Gasteiger charge is -2.13. The summed E-state index contributed by atoms with van der Waals surface area (Å²) < 4.78 is 38.0. The Kier molecular flexibility index (Phi) is 21.3. The first-order chi connectivity index (χ1) is 24.3. The summed E-state index contributed by atoms with van der Waals surface area (Å²) in [7, 11) is 0. The van der Waals surface area contributed by atoms with Crippen molar-refractivity contribution in [3.8, 4) is 16.9 Å². The summed E-state index contributed by atoms with van der Waals surface area (Å²) in [6.45, 7) is 4.15. The van der Waals surface area contributed by atoms with Gasteiger partial charge in [0.1, 0.15) is 22.9 Å². The van der Waals surface area contributed by atoms with Gasteiger partial charge in [-0.2, -0.15) is 0 Å². The number of ether oxygens (including phenoxy) is 2. The zero-order valence-corrected chi connectivity index (χ0v) is 29.2. The average molecular weight is 689 g/mol. The summed E-state index contributed by atoms with van der Waals surface area (Å²) >= 11 is 0. The highest BCUT2D eigenvalue weighted by Crippen LogP contribution is 2.29. The molecule has 2 aromatic carbocycles. The number of rotatable bonds is 22. The number of benzene rings is 2. The summed E-state index contributed by atoms with van der Waals surface area (Å²) in [5.41, 5.74) is 0.251. The lowest BCUT2D eigenvalue weighted by atomic mass is 10.0. The fraction of sp³-hybridized carbons (Fsp3) is 0.341. The third-order valence-corrected chi connectivity index (χ3v) is 6.99. The molecule has 0 unspecified atom stereocenters. The standard InChI is InChI=1S/C41H50F2N2O5/c1-3-5-6-7-8-9-10-11-12-13-14-15-16-17-18-19-20-21-22-23-24-39(46)44-29-30-45-41(48)50-38-28-25-33(31-36(38)40(47)49-4-2)35-27-26-34(42)32-37(35)43/h6-7,9-10,12-13,15-16,18-19,21-22,25-28,31-32H,3-5,8,11,14,17,20,23-24,29-30H2,1-2H3,(H,44,46)(H,45,48)/b7-6-,10-9-,13-12-,16-15-,19-18-,22-21-. The Hall–Kier alpha value is -5.05. The van der Waals surface area contributed by atoms with Crippen molar-refractivity contribution in [3.05, 3.63) is 127 Å². The molecule has 2 N–H and O–H groups in total. The van der Waals surface area contributed by atoms with Gasteiger partial charge in [-0.3, -0.25) is 4.79 Å². The largest absolute Gasteiger partial charge is 0.462 e. The van der Waals surface area contributed by atoms with E-state index < -0.39 is 23.7 Å². The number of amides is 2. The first kappa shape index (κ1) is 41.1. The van der Waals surface area contributed by atoms with E-state index in [9.17, 15) is 23.2 Å². The van der Waals surface area contributed by atoms with Gasteiger partial charge in [-0.25, -0.2) is 18.4 Å². The maximum atomic E-state index is 14.3. The van der Waals surface area contributed by atoms with Gasteiger partial charge in [-0.05, 0) is 81.7 Å². The predicted molar refractivity (Wildman–Crippen MR) is 197 cm³/mol. The highest BCUT2D eigenvalue weighted by atomic mass is 19.1. The van der Waals surface area contributed by atoms with Crippen molar-refractivity contribution in [3.63, 3.8) is 0 Å². The van der Waals surface area contributed by atoms with Crippen LogP contribution in [0.2, 0.25) is 0 Å². The lowest BCUT2D eigenvalue weighted by molar-refractivity contribution is -0.120. The fourth-order valence-electron chi connectivity index (χ4n) is 4.44. The smallest absolute Gasteiger partial charge is 0.412 e. The van der Waals surface area contributed by atoms with E-state index in [-0.39, 0.29) is 48.0 Å². The van der Waals surface area contributed by atoms with Gasteiger partial charge in [0.2, 0.25) is 5.91 Å². The molecule has 0 saturated carbocycles. The van der Waals surface area contributed by atoms with Gasteiger partial charge in [0.25, 0.3) is 0 Å². The normalized spacial score (nSPS) is 11.9. The van der Waals surface area contributed by atoms with Crippen LogP contribution in [-0.4, -0.2) is 37.7 Å². The van der Waals surface area contributed by atoms with E-state index in [1.165, 1.54) is 30.7 Å². The molecule has 2 rings (SSSR count). The molecule has 0 atom stereocenters. The van der Waals surface area contributed by atoms with E-state index in [1.807, 2.05) is 12.2 Å². The van der Waals surface area contributed by atoms with Crippen LogP contribution in [0, 0.1) is 11.6 Å². The third-order valence-electron chi connectivity index (χ3n) is 6.99. The number of hydrogen-bond acceptors (Lipinski definition) is 5. The number of nitrogens with one attached hydrogen (secondary N) is 2. The van der Waals surface area contributed by atoms with Gasteiger partial charge < -0.3 is 20.1 Å². The SMILES string of the molecule is CCC/C=C\C/C=C\C/C=C\C/C=C\C/C=C\C/C=C\CCC(=O)NCCNC(=O)Oc1ccc(-c2ccc(F)cc2F)cc1C(=O)OCC. The zero-order chi connectivity index (χ0) is 36.2. The molecule has 0 aliphatic heterocycles. The molecule has 0 aliphatic carbocycles. The van der Waals surface area contributed by atoms with E-state index in [4.69, 9.17) is 9.47 Å². The van der Waals surface area contributed by atoms with Crippen molar-refractivity contribution >= 4 is 18.0 Å². The average Bonchev–Trinajstić information content (AvgIpc) is 3.09. The summed E-state index contributed by atoms with van der Waals surface area (Å²) in [5.74, 6) is -2.55. The minimum absolute atomic E-state index is 0.0689. The first-order valence-electron chi connectivity index (χ1n) is 17.2. The molecule has 0 heterocycles. The first-order valence-corrected chi connectivity index (χ1v) is 17.2. The van der Waals surface area contributed by atoms with Crippen LogP contribution in [-0.2, 0) is 9.53 Å². The third kappa shape index (κ3) is 17.9. The quantitative estimate of drug-likeness (QED) is 0.0730. The lowest BCUT2D eigenvalue weighted by Crippen LogP contribution is -2.36. The number of hydrogen-bond donors (Lipinski definition) is 2. The van der Waals surface area contributed by atoms with Crippen molar-refractivity contribution in [2.24, 2.45) is 0 Å². The summed E-state index contributed by atoms with van der Waals surface area (Å²) in [4.78, 5) is 37.0. The van der Waals surface area contributed by atoms with Crippen molar-refractivity contribution in [1.29, 1.82) is 0 Å². The van der Waals surface area contributed by atoms with Crippen LogP contribution < -0.4 is 15.4 Å². The van der Waals surface area contributed by atoms with Crippen LogP contribution in [0.5, 0.6) is 5.75 Å². The van der Waals surface area contributed by atoms with Crippen molar-refractivity contribution in [2.75, 3.05) is 19.7 Å². The van der Waals surface area contributed by atoms with Crippen molar-refractivity contribution in [1.82, 2.24) is 10.6 Å². The molecule has 268 valence electrons. The molecule has 0 aliphatic rings.